The van der Waals surface area contributed by atoms with E-state index in [4.69, 9.17) is 9.84 Å². The summed E-state index contributed by atoms with van der Waals surface area (Å²) in [7, 11) is 0. The molecule has 1 aliphatic rings. The standard InChI is InChI=1S/C9H15FO3/c1-9(10,8(11)12)5-7-3-2-4-13-6-7/h7H,2-6H2,1H3,(H,11,12). The Kier molecular flexibility index (Phi) is 3.25. The van der Waals surface area contributed by atoms with Crippen LogP contribution < -0.4 is 0 Å². The van der Waals surface area contributed by atoms with Gasteiger partial charge in [0.2, 0.25) is 5.67 Å². The zero-order chi connectivity index (χ0) is 9.90. The third-order valence-electron chi connectivity index (χ3n) is 2.37. The summed E-state index contributed by atoms with van der Waals surface area (Å²) in [6, 6.07) is 0. The van der Waals surface area contributed by atoms with E-state index < -0.39 is 11.6 Å². The summed E-state index contributed by atoms with van der Waals surface area (Å²) in [5.74, 6) is -1.32. The van der Waals surface area contributed by atoms with Gasteiger partial charge in [-0.1, -0.05) is 0 Å². The molecule has 0 radical (unpaired) electrons. The molecule has 2 unspecified atom stereocenters. The Morgan fingerprint density at radius 3 is 2.92 bits per heavy atom. The second-order valence-corrected chi connectivity index (χ2v) is 3.79. The lowest BCUT2D eigenvalue weighted by Crippen LogP contribution is -2.34. The summed E-state index contributed by atoms with van der Waals surface area (Å²) >= 11 is 0. The zero-order valence-electron chi connectivity index (χ0n) is 7.75. The van der Waals surface area contributed by atoms with Crippen LogP contribution in [0.5, 0.6) is 0 Å². The van der Waals surface area contributed by atoms with Gasteiger partial charge in [0.1, 0.15) is 0 Å². The van der Waals surface area contributed by atoms with E-state index in [9.17, 15) is 9.18 Å². The Labute approximate surface area is 76.9 Å². The van der Waals surface area contributed by atoms with Crippen LogP contribution in [0.15, 0.2) is 0 Å². The Morgan fingerprint density at radius 1 is 1.77 bits per heavy atom. The molecule has 0 aromatic heterocycles. The molecule has 3 nitrogen and oxygen atoms in total. The smallest absolute Gasteiger partial charge is 0.341 e. The highest BCUT2D eigenvalue weighted by Crippen LogP contribution is 2.26. The van der Waals surface area contributed by atoms with Crippen molar-refractivity contribution in [3.8, 4) is 0 Å². The topological polar surface area (TPSA) is 46.5 Å². The Hall–Kier alpha value is -0.640. The van der Waals surface area contributed by atoms with E-state index in [0.29, 0.717) is 13.2 Å². The fourth-order valence-electron chi connectivity index (χ4n) is 1.60. The van der Waals surface area contributed by atoms with Gasteiger partial charge in [-0.25, -0.2) is 9.18 Å². The number of hydrogen-bond acceptors (Lipinski definition) is 2. The quantitative estimate of drug-likeness (QED) is 0.735. The van der Waals surface area contributed by atoms with E-state index in [1.807, 2.05) is 0 Å². The highest BCUT2D eigenvalue weighted by molar-refractivity contribution is 5.76. The molecule has 1 saturated heterocycles. The minimum atomic E-state index is -2.11. The van der Waals surface area contributed by atoms with Crippen LogP contribution in [-0.4, -0.2) is 30.0 Å². The van der Waals surface area contributed by atoms with Gasteiger partial charge >= 0.3 is 5.97 Å². The molecule has 0 bridgehead atoms. The van der Waals surface area contributed by atoms with Crippen molar-refractivity contribution in [2.75, 3.05) is 13.2 Å². The first-order chi connectivity index (χ1) is 6.02. The molecule has 1 aliphatic heterocycles. The van der Waals surface area contributed by atoms with Gasteiger partial charge in [0.05, 0.1) is 0 Å². The number of carboxylic acids is 1. The third kappa shape index (κ3) is 2.95. The van der Waals surface area contributed by atoms with Gasteiger partial charge in [0, 0.05) is 13.2 Å². The lowest BCUT2D eigenvalue weighted by Gasteiger charge is -2.26. The maximum Gasteiger partial charge on any atom is 0.341 e. The molecule has 4 heteroatoms. The highest BCUT2D eigenvalue weighted by atomic mass is 19.1. The van der Waals surface area contributed by atoms with Crippen LogP contribution in [0, 0.1) is 5.92 Å². The van der Waals surface area contributed by atoms with Crippen molar-refractivity contribution in [2.45, 2.75) is 31.9 Å². The molecule has 2 atom stereocenters. The molecular formula is C9H15FO3. The van der Waals surface area contributed by atoms with Crippen molar-refractivity contribution in [3.05, 3.63) is 0 Å². The second-order valence-electron chi connectivity index (χ2n) is 3.79. The normalized spacial score (nSPS) is 28.0. The number of carbonyl (C=O) groups is 1. The molecule has 13 heavy (non-hydrogen) atoms. The lowest BCUT2D eigenvalue weighted by atomic mass is 9.89. The highest BCUT2D eigenvalue weighted by Gasteiger charge is 2.36. The lowest BCUT2D eigenvalue weighted by molar-refractivity contribution is -0.151. The van der Waals surface area contributed by atoms with Crippen LogP contribution in [0.4, 0.5) is 4.39 Å². The van der Waals surface area contributed by atoms with Crippen molar-refractivity contribution in [2.24, 2.45) is 5.92 Å². The number of halogens is 1. The number of aliphatic carboxylic acids is 1. The molecule has 0 spiro atoms. The van der Waals surface area contributed by atoms with E-state index in [1.165, 1.54) is 0 Å². The summed E-state index contributed by atoms with van der Waals surface area (Å²) in [6.07, 6.45) is 1.83. The molecule has 0 aromatic rings. The molecule has 76 valence electrons. The monoisotopic (exact) mass is 190 g/mol. The van der Waals surface area contributed by atoms with Crippen LogP contribution in [0.2, 0.25) is 0 Å². The molecule has 1 N–H and O–H groups in total. The van der Waals surface area contributed by atoms with Crippen LogP contribution >= 0.6 is 0 Å². The first-order valence-corrected chi connectivity index (χ1v) is 4.52. The number of alkyl halides is 1. The van der Waals surface area contributed by atoms with Crippen molar-refractivity contribution >= 4 is 5.97 Å². The van der Waals surface area contributed by atoms with Gasteiger partial charge in [-0.05, 0) is 32.1 Å². The van der Waals surface area contributed by atoms with Crippen molar-refractivity contribution < 1.29 is 19.0 Å². The van der Waals surface area contributed by atoms with Crippen LogP contribution in [-0.2, 0) is 9.53 Å². The van der Waals surface area contributed by atoms with Crippen molar-refractivity contribution in [3.63, 3.8) is 0 Å². The van der Waals surface area contributed by atoms with Gasteiger partial charge < -0.3 is 9.84 Å². The van der Waals surface area contributed by atoms with E-state index in [0.717, 1.165) is 19.8 Å². The summed E-state index contributed by atoms with van der Waals surface area (Å²) in [6.45, 7) is 2.32. The van der Waals surface area contributed by atoms with Crippen LogP contribution in [0.1, 0.15) is 26.2 Å². The fourth-order valence-corrected chi connectivity index (χ4v) is 1.60. The predicted molar refractivity (Wildman–Crippen MR) is 45.3 cm³/mol. The van der Waals surface area contributed by atoms with Gasteiger partial charge in [0.15, 0.2) is 0 Å². The van der Waals surface area contributed by atoms with E-state index in [2.05, 4.69) is 0 Å². The average molecular weight is 190 g/mol. The first kappa shape index (κ1) is 10.4. The minimum Gasteiger partial charge on any atom is -0.479 e. The molecule has 0 saturated carbocycles. The Balaban J connectivity index is 2.41. The van der Waals surface area contributed by atoms with E-state index >= 15 is 0 Å². The largest absolute Gasteiger partial charge is 0.479 e. The van der Waals surface area contributed by atoms with Crippen LogP contribution in [0.3, 0.4) is 0 Å². The second kappa shape index (κ2) is 4.05. The molecule has 1 heterocycles. The summed E-state index contributed by atoms with van der Waals surface area (Å²) < 4.78 is 18.5. The van der Waals surface area contributed by atoms with E-state index in [1.54, 1.807) is 0 Å². The molecular weight excluding hydrogens is 175 g/mol. The van der Waals surface area contributed by atoms with Gasteiger partial charge in [0.25, 0.3) is 0 Å². The van der Waals surface area contributed by atoms with Crippen molar-refractivity contribution in [1.29, 1.82) is 0 Å². The molecule has 0 aromatic carbocycles. The number of ether oxygens (including phenoxy) is 1. The number of rotatable bonds is 3. The zero-order valence-corrected chi connectivity index (χ0v) is 7.75. The maximum atomic E-state index is 13.3. The summed E-state index contributed by atoms with van der Waals surface area (Å²) in [5.41, 5.74) is -2.11. The Bertz CT molecular complexity index is 185. The summed E-state index contributed by atoms with van der Waals surface area (Å²) in [4.78, 5) is 10.5. The van der Waals surface area contributed by atoms with Gasteiger partial charge in [-0.15, -0.1) is 0 Å². The number of hydrogen-bond donors (Lipinski definition) is 1. The van der Waals surface area contributed by atoms with Gasteiger partial charge in [-0.3, -0.25) is 0 Å². The molecule has 1 fully saturated rings. The first-order valence-electron chi connectivity index (χ1n) is 4.52. The molecule has 0 amide bonds. The average Bonchev–Trinajstić information content (AvgIpc) is 2.05. The van der Waals surface area contributed by atoms with Crippen molar-refractivity contribution in [1.82, 2.24) is 0 Å². The molecule has 0 aliphatic carbocycles. The maximum absolute atomic E-state index is 13.3. The third-order valence-corrected chi connectivity index (χ3v) is 2.37. The van der Waals surface area contributed by atoms with Gasteiger partial charge in [-0.2, -0.15) is 0 Å². The minimum absolute atomic E-state index is 0.0554. The van der Waals surface area contributed by atoms with Crippen LogP contribution in [0.25, 0.3) is 0 Å². The Morgan fingerprint density at radius 2 is 2.46 bits per heavy atom. The predicted octanol–water partition coefficient (Wildman–Crippen LogP) is 1.62. The summed E-state index contributed by atoms with van der Waals surface area (Å²) in [5, 5.41) is 8.56. The van der Waals surface area contributed by atoms with E-state index in [-0.39, 0.29) is 12.3 Å². The number of carboxylic acid groups (broad SMARTS) is 1. The SMILES string of the molecule is CC(F)(CC1CCCOC1)C(=O)O. The fraction of sp³-hybridized carbons (Fsp3) is 0.889. The molecule has 1 rings (SSSR count).